The third-order valence-corrected chi connectivity index (χ3v) is 3.02. The molecule has 0 spiro atoms. The lowest BCUT2D eigenvalue weighted by Crippen LogP contribution is -2.37. The summed E-state index contributed by atoms with van der Waals surface area (Å²) in [6.07, 6.45) is 1.54. The first-order valence-corrected chi connectivity index (χ1v) is 7.48. The summed E-state index contributed by atoms with van der Waals surface area (Å²) in [5, 5.41) is 3.27. The molecule has 0 aliphatic heterocycles. The predicted molar refractivity (Wildman–Crippen MR) is 86.5 cm³/mol. The summed E-state index contributed by atoms with van der Waals surface area (Å²) in [5.41, 5.74) is 6.42. The van der Waals surface area contributed by atoms with E-state index in [1.165, 1.54) is 6.33 Å². The van der Waals surface area contributed by atoms with E-state index in [9.17, 15) is 4.79 Å². The highest BCUT2D eigenvalue weighted by atomic mass is 16.1. The smallest absolute Gasteiger partial charge is 0.236 e. The average molecular weight is 293 g/mol. The lowest BCUT2D eigenvalue weighted by Gasteiger charge is -2.28. The van der Waals surface area contributed by atoms with Crippen molar-refractivity contribution in [2.24, 2.45) is 11.7 Å². The number of rotatable bonds is 8. The number of anilines is 2. The number of carbonyl (C=O) groups excluding carboxylic acids is 1. The van der Waals surface area contributed by atoms with E-state index in [2.05, 4.69) is 43.0 Å². The summed E-state index contributed by atoms with van der Waals surface area (Å²) in [4.78, 5) is 22.1. The number of amides is 1. The van der Waals surface area contributed by atoms with Crippen molar-refractivity contribution in [2.45, 2.75) is 40.5 Å². The van der Waals surface area contributed by atoms with Gasteiger partial charge in [-0.05, 0) is 18.8 Å². The van der Waals surface area contributed by atoms with Crippen molar-refractivity contribution in [1.29, 1.82) is 0 Å². The number of aromatic nitrogens is 2. The van der Waals surface area contributed by atoms with Gasteiger partial charge in [0.15, 0.2) is 0 Å². The lowest BCUT2D eigenvalue weighted by atomic mass is 10.0. The molecule has 0 aromatic carbocycles. The van der Waals surface area contributed by atoms with Gasteiger partial charge in [-0.15, -0.1) is 0 Å². The second-order valence-corrected chi connectivity index (χ2v) is 5.89. The van der Waals surface area contributed by atoms with Crippen LogP contribution in [-0.4, -0.2) is 35.5 Å². The molecular formula is C15H27N5O. The Labute approximate surface area is 127 Å². The van der Waals surface area contributed by atoms with E-state index in [-0.39, 0.29) is 18.4 Å². The molecule has 0 saturated carbocycles. The van der Waals surface area contributed by atoms with E-state index in [1.807, 2.05) is 11.8 Å². The van der Waals surface area contributed by atoms with E-state index in [0.29, 0.717) is 5.92 Å². The Morgan fingerprint density at radius 3 is 2.48 bits per heavy atom. The molecule has 1 aromatic heterocycles. The summed E-state index contributed by atoms with van der Waals surface area (Å²) in [5.74, 6) is 1.92. The van der Waals surface area contributed by atoms with Gasteiger partial charge in [0.2, 0.25) is 5.91 Å². The van der Waals surface area contributed by atoms with Gasteiger partial charge in [-0.1, -0.05) is 27.7 Å². The van der Waals surface area contributed by atoms with Crippen LogP contribution in [0.4, 0.5) is 11.6 Å². The molecule has 0 unspecified atom stereocenters. The Balaban J connectivity index is 3.28. The van der Waals surface area contributed by atoms with Crippen LogP contribution in [0.5, 0.6) is 0 Å². The molecule has 1 rings (SSSR count). The number of hydrogen-bond acceptors (Lipinski definition) is 5. The Kier molecular flexibility index (Phi) is 6.39. The summed E-state index contributed by atoms with van der Waals surface area (Å²) in [6.45, 7) is 12.1. The van der Waals surface area contributed by atoms with Crippen LogP contribution in [-0.2, 0) is 4.79 Å². The quantitative estimate of drug-likeness (QED) is 0.765. The van der Waals surface area contributed by atoms with Crippen molar-refractivity contribution in [3.05, 3.63) is 11.9 Å². The van der Waals surface area contributed by atoms with Crippen LogP contribution >= 0.6 is 0 Å². The van der Waals surface area contributed by atoms with Crippen LogP contribution in [0.1, 0.15) is 46.1 Å². The fourth-order valence-corrected chi connectivity index (χ4v) is 2.33. The maximum atomic E-state index is 11.4. The summed E-state index contributed by atoms with van der Waals surface area (Å²) < 4.78 is 0. The number of primary amides is 1. The molecule has 6 heteroatoms. The molecule has 3 N–H and O–H groups in total. The summed E-state index contributed by atoms with van der Waals surface area (Å²) in [7, 11) is 0. The molecule has 0 saturated heterocycles. The largest absolute Gasteiger partial charge is 0.370 e. The molecule has 0 bridgehead atoms. The molecule has 0 radical (unpaired) electrons. The normalized spacial score (nSPS) is 11.0. The fourth-order valence-electron chi connectivity index (χ4n) is 2.33. The molecule has 21 heavy (non-hydrogen) atoms. The standard InChI is InChI=1S/C15H27N5O/c1-6-17-14-13(11(4)5)15(19-9-18-14)20(7-10(2)3)8-12(16)21/h9-11H,6-8H2,1-5H3,(H2,16,21)(H,17,18,19). The van der Waals surface area contributed by atoms with E-state index >= 15 is 0 Å². The SMILES string of the molecule is CCNc1ncnc(N(CC(N)=O)CC(C)C)c1C(C)C. The van der Waals surface area contributed by atoms with Gasteiger partial charge >= 0.3 is 0 Å². The van der Waals surface area contributed by atoms with E-state index in [1.54, 1.807) is 0 Å². The Morgan fingerprint density at radius 2 is 2.00 bits per heavy atom. The second kappa shape index (κ2) is 7.81. The van der Waals surface area contributed by atoms with Crippen molar-refractivity contribution in [2.75, 3.05) is 29.9 Å². The minimum absolute atomic E-state index is 0.167. The number of nitrogens with zero attached hydrogens (tertiary/aromatic N) is 3. The van der Waals surface area contributed by atoms with Gasteiger partial charge in [0.05, 0.1) is 6.54 Å². The highest BCUT2D eigenvalue weighted by molar-refractivity contribution is 5.80. The highest BCUT2D eigenvalue weighted by Crippen LogP contribution is 2.31. The Morgan fingerprint density at radius 1 is 1.33 bits per heavy atom. The van der Waals surface area contributed by atoms with Gasteiger partial charge in [-0.3, -0.25) is 4.79 Å². The summed E-state index contributed by atoms with van der Waals surface area (Å²) in [6, 6.07) is 0. The van der Waals surface area contributed by atoms with Gasteiger partial charge < -0.3 is 16.0 Å². The third-order valence-electron chi connectivity index (χ3n) is 3.02. The topological polar surface area (TPSA) is 84.1 Å². The van der Waals surface area contributed by atoms with Crippen LogP contribution in [0.15, 0.2) is 6.33 Å². The Bertz CT molecular complexity index is 473. The van der Waals surface area contributed by atoms with Gasteiger partial charge in [0.1, 0.15) is 18.0 Å². The van der Waals surface area contributed by atoms with E-state index < -0.39 is 0 Å². The van der Waals surface area contributed by atoms with E-state index in [0.717, 1.165) is 30.3 Å². The molecule has 1 amide bonds. The minimum atomic E-state index is -0.353. The average Bonchev–Trinajstić information content (AvgIpc) is 2.36. The first kappa shape index (κ1) is 17.2. The highest BCUT2D eigenvalue weighted by Gasteiger charge is 2.21. The van der Waals surface area contributed by atoms with Crippen molar-refractivity contribution >= 4 is 17.5 Å². The number of nitrogens with two attached hydrogens (primary N) is 1. The molecule has 118 valence electrons. The van der Waals surface area contributed by atoms with Crippen LogP contribution in [0.3, 0.4) is 0 Å². The second-order valence-electron chi connectivity index (χ2n) is 5.89. The van der Waals surface area contributed by atoms with Gasteiger partial charge in [0, 0.05) is 18.7 Å². The van der Waals surface area contributed by atoms with Crippen molar-refractivity contribution in [3.8, 4) is 0 Å². The van der Waals surface area contributed by atoms with Gasteiger partial charge in [-0.2, -0.15) is 0 Å². The number of hydrogen-bond donors (Lipinski definition) is 2. The fraction of sp³-hybridized carbons (Fsp3) is 0.667. The minimum Gasteiger partial charge on any atom is -0.370 e. The molecular weight excluding hydrogens is 266 g/mol. The zero-order chi connectivity index (χ0) is 16.0. The van der Waals surface area contributed by atoms with Crippen LogP contribution < -0.4 is 16.0 Å². The number of nitrogens with one attached hydrogen (secondary N) is 1. The predicted octanol–water partition coefficient (Wildman–Crippen LogP) is 1.98. The zero-order valence-electron chi connectivity index (χ0n) is 13.7. The van der Waals surface area contributed by atoms with Crippen LogP contribution in [0.25, 0.3) is 0 Å². The van der Waals surface area contributed by atoms with Crippen LogP contribution in [0.2, 0.25) is 0 Å². The molecule has 1 heterocycles. The van der Waals surface area contributed by atoms with Crippen LogP contribution in [0, 0.1) is 5.92 Å². The number of carbonyl (C=O) groups is 1. The molecule has 0 aliphatic rings. The molecule has 1 aromatic rings. The van der Waals surface area contributed by atoms with Crippen molar-refractivity contribution in [1.82, 2.24) is 9.97 Å². The van der Waals surface area contributed by atoms with Gasteiger partial charge in [-0.25, -0.2) is 9.97 Å². The third kappa shape index (κ3) is 4.88. The molecule has 0 atom stereocenters. The maximum absolute atomic E-state index is 11.4. The molecule has 0 aliphatic carbocycles. The molecule has 0 fully saturated rings. The Hall–Kier alpha value is -1.85. The zero-order valence-corrected chi connectivity index (χ0v) is 13.7. The van der Waals surface area contributed by atoms with Crippen molar-refractivity contribution in [3.63, 3.8) is 0 Å². The first-order chi connectivity index (χ1) is 9.86. The van der Waals surface area contributed by atoms with E-state index in [4.69, 9.17) is 5.73 Å². The monoisotopic (exact) mass is 293 g/mol. The molecule has 6 nitrogen and oxygen atoms in total. The first-order valence-electron chi connectivity index (χ1n) is 7.48. The van der Waals surface area contributed by atoms with Gasteiger partial charge in [0.25, 0.3) is 0 Å². The maximum Gasteiger partial charge on any atom is 0.236 e. The lowest BCUT2D eigenvalue weighted by molar-refractivity contribution is -0.116. The van der Waals surface area contributed by atoms with Crippen molar-refractivity contribution < 1.29 is 4.79 Å². The summed E-state index contributed by atoms with van der Waals surface area (Å²) >= 11 is 0.